The molecule has 0 saturated heterocycles. The Hall–Kier alpha value is -0.330. The molecule has 1 heterocycles. The van der Waals surface area contributed by atoms with Crippen LogP contribution in [0.5, 0.6) is 0 Å². The third-order valence-corrected chi connectivity index (χ3v) is 6.79. The Kier molecular flexibility index (Phi) is 5.54. The zero-order valence-electron chi connectivity index (χ0n) is 11.5. The van der Waals surface area contributed by atoms with Gasteiger partial charge in [0.05, 0.1) is 18.1 Å². The monoisotopic (exact) mass is 397 g/mol. The zero-order valence-corrected chi connectivity index (χ0v) is 14.8. The van der Waals surface area contributed by atoms with E-state index in [1.807, 2.05) is 0 Å². The van der Waals surface area contributed by atoms with Gasteiger partial charge in [-0.15, -0.1) is 11.3 Å². The topological polar surface area (TPSA) is 44.5 Å². The van der Waals surface area contributed by atoms with Crippen molar-refractivity contribution in [1.82, 2.24) is 0 Å². The number of hydrogen-bond acceptors (Lipinski definition) is 4. The van der Waals surface area contributed by atoms with E-state index in [9.17, 15) is 8.78 Å². The van der Waals surface area contributed by atoms with Crippen LogP contribution in [0.25, 0.3) is 10.1 Å². The van der Waals surface area contributed by atoms with E-state index in [1.165, 1.54) is 0 Å². The highest BCUT2D eigenvalue weighted by atomic mass is 79.9. The normalized spacial score (nSPS) is 12.5. The molecular formula is C13H15BrF2NO2PS. The van der Waals surface area contributed by atoms with Gasteiger partial charge in [0, 0.05) is 20.2 Å². The molecule has 2 aromatic rings. The fourth-order valence-electron chi connectivity index (χ4n) is 1.80. The van der Waals surface area contributed by atoms with Crippen LogP contribution in [0.1, 0.15) is 18.7 Å². The Labute approximate surface area is 135 Å². The summed E-state index contributed by atoms with van der Waals surface area (Å²) in [5, 5.41) is 0.678. The maximum absolute atomic E-state index is 14.7. The maximum atomic E-state index is 14.7. The molecule has 0 aliphatic rings. The first-order chi connectivity index (χ1) is 9.91. The molecule has 0 spiro atoms. The van der Waals surface area contributed by atoms with E-state index in [1.54, 1.807) is 32.0 Å². The summed E-state index contributed by atoms with van der Waals surface area (Å²) in [5.74, 6) is 0. The minimum atomic E-state index is -3.18. The number of nitrogen functional groups attached to an aromatic ring is 1. The van der Waals surface area contributed by atoms with Gasteiger partial charge >= 0.3 is 5.66 Å². The molecule has 0 saturated carbocycles. The Balaban J connectivity index is 2.49. The summed E-state index contributed by atoms with van der Waals surface area (Å²) < 4.78 is 40.8. The van der Waals surface area contributed by atoms with Crippen molar-refractivity contribution >= 4 is 51.4 Å². The molecule has 0 bridgehead atoms. The molecule has 3 nitrogen and oxygen atoms in total. The van der Waals surface area contributed by atoms with Crippen molar-refractivity contribution in [2.24, 2.45) is 0 Å². The van der Waals surface area contributed by atoms with Crippen LogP contribution in [-0.4, -0.2) is 13.2 Å². The fraction of sp³-hybridized carbons (Fsp3) is 0.385. The molecule has 0 unspecified atom stereocenters. The largest absolute Gasteiger partial charge is 0.399 e. The second kappa shape index (κ2) is 6.84. The van der Waals surface area contributed by atoms with Crippen LogP contribution < -0.4 is 5.73 Å². The second-order valence-electron chi connectivity index (χ2n) is 4.13. The minimum absolute atomic E-state index is 0.0869. The van der Waals surface area contributed by atoms with Crippen molar-refractivity contribution in [2.45, 2.75) is 19.5 Å². The first-order valence-electron chi connectivity index (χ1n) is 6.33. The molecule has 1 aromatic heterocycles. The Morgan fingerprint density at radius 2 is 1.90 bits per heavy atom. The van der Waals surface area contributed by atoms with Crippen molar-refractivity contribution in [3.05, 3.63) is 27.5 Å². The standard InChI is InChI=1S/C13H15BrF2NO2PS/c1-3-18-20(19-4-2)13(15,16)12-11(14)9-7-8(17)5-6-10(9)21-12/h5-7H,3-4,17H2,1-2H3. The van der Waals surface area contributed by atoms with Crippen LogP contribution in [0.4, 0.5) is 14.5 Å². The van der Waals surface area contributed by atoms with Gasteiger partial charge in [-0.05, 0) is 48.0 Å². The summed E-state index contributed by atoms with van der Waals surface area (Å²) in [6, 6.07) is 5.11. The van der Waals surface area contributed by atoms with Crippen LogP contribution >= 0.6 is 35.6 Å². The van der Waals surface area contributed by atoms with E-state index in [2.05, 4.69) is 15.9 Å². The summed E-state index contributed by atoms with van der Waals surface area (Å²) in [6.07, 6.45) is 0. The average molecular weight is 398 g/mol. The van der Waals surface area contributed by atoms with Gasteiger partial charge in [-0.25, -0.2) is 0 Å². The molecule has 2 N–H and O–H groups in total. The van der Waals surface area contributed by atoms with Crippen LogP contribution in [0.15, 0.2) is 22.7 Å². The highest BCUT2D eigenvalue weighted by Gasteiger charge is 2.47. The van der Waals surface area contributed by atoms with Crippen molar-refractivity contribution in [2.75, 3.05) is 18.9 Å². The summed E-state index contributed by atoms with van der Waals surface area (Å²) >= 11 is 4.29. The molecule has 21 heavy (non-hydrogen) atoms. The quantitative estimate of drug-likeness (QED) is 0.503. The van der Waals surface area contributed by atoms with Crippen molar-refractivity contribution < 1.29 is 17.8 Å². The van der Waals surface area contributed by atoms with E-state index in [4.69, 9.17) is 14.8 Å². The summed E-state index contributed by atoms with van der Waals surface area (Å²) in [4.78, 5) is -0.0869. The zero-order chi connectivity index (χ0) is 15.6. The van der Waals surface area contributed by atoms with Crippen molar-refractivity contribution in [3.63, 3.8) is 0 Å². The summed E-state index contributed by atoms with van der Waals surface area (Å²) in [6.45, 7) is 3.70. The van der Waals surface area contributed by atoms with Gasteiger partial charge in [0.2, 0.25) is 0 Å². The number of anilines is 1. The van der Waals surface area contributed by atoms with E-state index in [-0.39, 0.29) is 18.1 Å². The molecule has 2 rings (SSSR count). The number of rotatable bonds is 6. The Morgan fingerprint density at radius 3 is 2.48 bits per heavy atom. The van der Waals surface area contributed by atoms with Gasteiger partial charge in [0.1, 0.15) is 0 Å². The average Bonchev–Trinajstić information content (AvgIpc) is 2.76. The van der Waals surface area contributed by atoms with Gasteiger partial charge in [-0.1, -0.05) is 0 Å². The van der Waals surface area contributed by atoms with Gasteiger partial charge in [0.15, 0.2) is 0 Å². The van der Waals surface area contributed by atoms with Gasteiger partial charge in [-0.2, -0.15) is 8.78 Å². The van der Waals surface area contributed by atoms with E-state index < -0.39 is 14.0 Å². The fourth-order valence-corrected chi connectivity index (χ4v) is 5.36. The number of fused-ring (bicyclic) bond motifs is 1. The molecule has 0 radical (unpaired) electrons. The second-order valence-corrected chi connectivity index (χ2v) is 7.57. The maximum Gasteiger partial charge on any atom is 0.349 e. The van der Waals surface area contributed by atoms with Crippen LogP contribution in [-0.2, 0) is 14.7 Å². The highest BCUT2D eigenvalue weighted by Crippen LogP contribution is 2.63. The van der Waals surface area contributed by atoms with Gasteiger partial charge in [0.25, 0.3) is 8.38 Å². The van der Waals surface area contributed by atoms with Crippen LogP contribution in [0.3, 0.4) is 0 Å². The molecule has 1 aromatic carbocycles. The SMILES string of the molecule is CCOP(OCC)C(F)(F)c1sc2ccc(N)cc2c1Br. The first kappa shape index (κ1) is 17.0. The molecule has 0 fully saturated rings. The van der Waals surface area contributed by atoms with Gasteiger partial charge in [-0.3, -0.25) is 0 Å². The number of alkyl halides is 2. The highest BCUT2D eigenvalue weighted by molar-refractivity contribution is 9.10. The Bertz CT molecular complexity index is 632. The van der Waals surface area contributed by atoms with Crippen molar-refractivity contribution in [1.29, 1.82) is 0 Å². The Morgan fingerprint density at radius 1 is 1.29 bits per heavy atom. The molecule has 0 aliphatic carbocycles. The number of benzene rings is 1. The smallest absolute Gasteiger partial charge is 0.349 e. The van der Waals surface area contributed by atoms with Gasteiger partial charge < -0.3 is 14.8 Å². The molecule has 8 heteroatoms. The van der Waals surface area contributed by atoms with Crippen LogP contribution in [0, 0.1) is 0 Å². The lowest BCUT2D eigenvalue weighted by atomic mass is 10.2. The molecular weight excluding hydrogens is 383 g/mol. The number of halogens is 3. The third-order valence-electron chi connectivity index (χ3n) is 2.65. The lowest BCUT2D eigenvalue weighted by Crippen LogP contribution is -2.13. The molecule has 0 amide bonds. The van der Waals surface area contributed by atoms with E-state index >= 15 is 0 Å². The third kappa shape index (κ3) is 3.37. The predicted octanol–water partition coefficient (Wildman–Crippen LogP) is 5.68. The number of thiophene rings is 1. The van der Waals surface area contributed by atoms with E-state index in [0.717, 1.165) is 16.0 Å². The van der Waals surface area contributed by atoms with Crippen LogP contribution in [0.2, 0.25) is 0 Å². The van der Waals surface area contributed by atoms with E-state index in [0.29, 0.717) is 15.5 Å². The lowest BCUT2D eigenvalue weighted by molar-refractivity contribution is 0.0600. The minimum Gasteiger partial charge on any atom is -0.399 e. The number of hydrogen-bond donors (Lipinski definition) is 1. The summed E-state index contributed by atoms with van der Waals surface area (Å²) in [7, 11) is -2.33. The molecule has 0 atom stereocenters. The predicted molar refractivity (Wildman–Crippen MR) is 88.0 cm³/mol. The summed E-state index contributed by atoms with van der Waals surface area (Å²) in [5.41, 5.74) is 3.07. The lowest BCUT2D eigenvalue weighted by Gasteiger charge is -2.24. The molecule has 0 aliphatic heterocycles. The molecule has 116 valence electrons. The first-order valence-corrected chi connectivity index (χ1v) is 9.12. The van der Waals surface area contributed by atoms with Crippen molar-refractivity contribution in [3.8, 4) is 0 Å². The number of nitrogens with two attached hydrogens (primary N) is 1.